The highest BCUT2D eigenvalue weighted by Gasteiger charge is 2.33. The highest BCUT2D eigenvalue weighted by Crippen LogP contribution is 2.40. The van der Waals surface area contributed by atoms with Gasteiger partial charge in [-0.05, 0) is 73.4 Å². The number of H-pyrrole nitrogens is 1. The van der Waals surface area contributed by atoms with Crippen LogP contribution in [0.25, 0.3) is 5.57 Å². The zero-order chi connectivity index (χ0) is 28.1. The van der Waals surface area contributed by atoms with Gasteiger partial charge in [-0.25, -0.2) is 4.98 Å². The lowest BCUT2D eigenvalue weighted by molar-refractivity contribution is -0.142. The summed E-state index contributed by atoms with van der Waals surface area (Å²) >= 11 is 0. The number of carbonyl (C=O) groups excluding carboxylic acids is 2. The number of amides is 1. The maximum Gasteiger partial charge on any atom is 0.302 e. The van der Waals surface area contributed by atoms with Gasteiger partial charge in [-0.1, -0.05) is 0 Å². The van der Waals surface area contributed by atoms with Gasteiger partial charge < -0.3 is 19.5 Å². The molecule has 41 heavy (non-hydrogen) atoms. The second-order valence-electron chi connectivity index (χ2n) is 11.5. The Bertz CT molecular complexity index is 1590. The molecule has 0 radical (unpaired) electrons. The van der Waals surface area contributed by atoms with Gasteiger partial charge in [-0.15, -0.1) is 0 Å². The molecule has 1 saturated carbocycles. The molecule has 4 aliphatic rings. The van der Waals surface area contributed by atoms with Gasteiger partial charge in [0.15, 0.2) is 5.82 Å². The monoisotopic (exact) mass is 553 g/mol. The lowest BCUT2D eigenvalue weighted by Crippen LogP contribution is -2.41. The number of nitrogens with zero attached hydrogens (tertiary/aromatic N) is 5. The van der Waals surface area contributed by atoms with Crippen LogP contribution in [0.2, 0.25) is 0 Å². The van der Waals surface area contributed by atoms with E-state index in [1.165, 1.54) is 49.6 Å². The molecule has 0 spiro atoms. The lowest BCUT2D eigenvalue weighted by Gasteiger charge is -2.31. The first-order chi connectivity index (χ1) is 19.9. The maximum absolute atomic E-state index is 13.9. The fraction of sp³-hybridized carbons (Fsp3) is 0.419. The minimum absolute atomic E-state index is 0.0247. The van der Waals surface area contributed by atoms with Crippen molar-refractivity contribution in [3.63, 3.8) is 0 Å². The van der Waals surface area contributed by atoms with Gasteiger partial charge in [0, 0.05) is 74.1 Å². The Morgan fingerprint density at radius 3 is 2.88 bits per heavy atom. The number of hydrogen-bond acceptors (Lipinski definition) is 7. The van der Waals surface area contributed by atoms with Crippen molar-refractivity contribution in [3.8, 4) is 0 Å². The first kappa shape index (κ1) is 25.6. The predicted molar refractivity (Wildman–Crippen MR) is 155 cm³/mol. The number of allylic oxidation sites excluding steroid dienone is 2. The van der Waals surface area contributed by atoms with Crippen molar-refractivity contribution in [3.05, 3.63) is 76.1 Å². The molecule has 3 aromatic heterocycles. The SMILES string of the molecule is CC(=O)OCc1c(C2=CN(C)CC(Nc3cc(C4CC4)[nH]n3)=C2)ccnc1N1CCn2c(cc3c2CCCC3)C1=O. The Labute approximate surface area is 239 Å². The molecule has 0 atom stereocenters. The summed E-state index contributed by atoms with van der Waals surface area (Å²) in [7, 11) is 2.02. The number of likely N-dealkylation sites (N-methyl/N-ethyl adjacent to an activating group) is 1. The Morgan fingerprint density at radius 1 is 1.20 bits per heavy atom. The molecule has 10 nitrogen and oxygen atoms in total. The Balaban J connectivity index is 1.23. The van der Waals surface area contributed by atoms with Crippen molar-refractivity contribution in [2.75, 3.05) is 30.4 Å². The van der Waals surface area contributed by atoms with Crippen LogP contribution in [-0.4, -0.2) is 56.7 Å². The molecule has 5 heterocycles. The van der Waals surface area contributed by atoms with E-state index >= 15 is 0 Å². The third-order valence-electron chi connectivity index (χ3n) is 8.45. The average molecular weight is 554 g/mol. The van der Waals surface area contributed by atoms with E-state index in [0.717, 1.165) is 47.7 Å². The standard InChI is InChI=1S/C31H35N7O3/c1-19(39)41-18-25-24(22-13-23(17-36(2)16-22)33-29-15-26(34-35-29)20-7-8-20)9-10-32-30(25)38-12-11-37-27-6-4-3-5-21(27)14-28(37)31(38)40/h9-10,13-16,20H,3-8,11-12,17-18H2,1-2H3,(H2,33,34,35). The number of aromatic nitrogens is 4. The van der Waals surface area contributed by atoms with Crippen molar-refractivity contribution >= 4 is 29.1 Å². The third kappa shape index (κ3) is 4.92. The minimum Gasteiger partial charge on any atom is -0.461 e. The number of aryl methyl sites for hydroxylation is 1. The topological polar surface area (TPSA) is 108 Å². The van der Waals surface area contributed by atoms with Crippen molar-refractivity contribution in [2.24, 2.45) is 0 Å². The summed E-state index contributed by atoms with van der Waals surface area (Å²) < 4.78 is 7.73. The van der Waals surface area contributed by atoms with Gasteiger partial charge in [0.25, 0.3) is 5.91 Å². The molecular formula is C31H35N7O3. The smallest absolute Gasteiger partial charge is 0.302 e. The summed E-state index contributed by atoms with van der Waals surface area (Å²) in [6.07, 6.45) is 12.7. The lowest BCUT2D eigenvalue weighted by atomic mass is 9.98. The number of nitrogens with one attached hydrogen (secondary N) is 2. The van der Waals surface area contributed by atoms with Gasteiger partial charge in [-0.2, -0.15) is 5.10 Å². The van der Waals surface area contributed by atoms with E-state index in [-0.39, 0.29) is 18.5 Å². The van der Waals surface area contributed by atoms with E-state index in [1.807, 2.05) is 13.1 Å². The van der Waals surface area contributed by atoms with E-state index in [9.17, 15) is 9.59 Å². The van der Waals surface area contributed by atoms with Gasteiger partial charge in [-0.3, -0.25) is 19.6 Å². The van der Waals surface area contributed by atoms with Crippen molar-refractivity contribution < 1.29 is 14.3 Å². The molecule has 7 rings (SSSR count). The molecule has 2 aliphatic heterocycles. The van der Waals surface area contributed by atoms with E-state index in [2.05, 4.69) is 54.4 Å². The molecule has 0 unspecified atom stereocenters. The third-order valence-corrected chi connectivity index (χ3v) is 8.45. The van der Waals surface area contributed by atoms with Crippen LogP contribution in [0.15, 0.2) is 42.4 Å². The van der Waals surface area contributed by atoms with Crippen LogP contribution in [0.1, 0.15) is 77.1 Å². The summed E-state index contributed by atoms with van der Waals surface area (Å²) in [6.45, 7) is 3.35. The largest absolute Gasteiger partial charge is 0.461 e. The fourth-order valence-corrected chi connectivity index (χ4v) is 6.35. The van der Waals surface area contributed by atoms with Crippen molar-refractivity contribution in [1.82, 2.24) is 24.6 Å². The van der Waals surface area contributed by atoms with Crippen LogP contribution in [-0.2, 0) is 35.5 Å². The number of ether oxygens (including phenoxy) is 1. The fourth-order valence-electron chi connectivity index (χ4n) is 6.35. The van der Waals surface area contributed by atoms with E-state index in [0.29, 0.717) is 30.4 Å². The van der Waals surface area contributed by atoms with Crippen LogP contribution in [0, 0.1) is 0 Å². The second kappa shape index (κ2) is 10.2. The number of anilines is 2. The van der Waals surface area contributed by atoms with E-state index in [1.54, 1.807) is 11.1 Å². The van der Waals surface area contributed by atoms with Crippen molar-refractivity contribution in [1.29, 1.82) is 0 Å². The first-order valence-corrected chi connectivity index (χ1v) is 14.5. The van der Waals surface area contributed by atoms with E-state index in [4.69, 9.17) is 4.74 Å². The molecule has 0 saturated heterocycles. The Hall–Kier alpha value is -4.34. The highest BCUT2D eigenvalue weighted by atomic mass is 16.5. The number of hydrogen-bond donors (Lipinski definition) is 2. The Kier molecular flexibility index (Phi) is 6.40. The quantitative estimate of drug-likeness (QED) is 0.419. The highest BCUT2D eigenvalue weighted by molar-refractivity contribution is 6.06. The van der Waals surface area contributed by atoms with Crippen LogP contribution in [0.3, 0.4) is 0 Å². The summed E-state index contributed by atoms with van der Waals surface area (Å²) in [4.78, 5) is 34.3. The zero-order valence-electron chi connectivity index (χ0n) is 23.6. The molecule has 2 N–H and O–H groups in total. The number of fused-ring (bicyclic) bond motifs is 3. The summed E-state index contributed by atoms with van der Waals surface area (Å²) in [5.41, 5.74) is 8.02. The number of carbonyl (C=O) groups is 2. The summed E-state index contributed by atoms with van der Waals surface area (Å²) in [6, 6.07) is 6.08. The molecule has 2 aliphatic carbocycles. The molecule has 0 aromatic carbocycles. The molecule has 3 aromatic rings. The molecule has 1 amide bonds. The number of rotatable bonds is 7. The van der Waals surface area contributed by atoms with Gasteiger partial charge in [0.05, 0.1) is 6.54 Å². The Morgan fingerprint density at radius 2 is 2.05 bits per heavy atom. The average Bonchev–Trinajstić information content (AvgIpc) is 3.59. The predicted octanol–water partition coefficient (Wildman–Crippen LogP) is 4.37. The normalized spacial score (nSPS) is 18.4. The van der Waals surface area contributed by atoms with Gasteiger partial charge >= 0.3 is 5.97 Å². The zero-order valence-corrected chi connectivity index (χ0v) is 23.6. The van der Waals surface area contributed by atoms with Crippen molar-refractivity contribution in [2.45, 2.75) is 64.5 Å². The number of esters is 1. The van der Waals surface area contributed by atoms with Gasteiger partial charge in [0.1, 0.15) is 18.1 Å². The first-order valence-electron chi connectivity index (χ1n) is 14.5. The maximum atomic E-state index is 13.9. The molecule has 212 valence electrons. The van der Waals surface area contributed by atoms with Crippen LogP contribution >= 0.6 is 0 Å². The summed E-state index contributed by atoms with van der Waals surface area (Å²) in [5, 5.41) is 11.1. The van der Waals surface area contributed by atoms with Crippen LogP contribution in [0.5, 0.6) is 0 Å². The molecule has 0 bridgehead atoms. The number of aromatic amines is 1. The second-order valence-corrected chi connectivity index (χ2v) is 11.5. The van der Waals surface area contributed by atoms with E-state index < -0.39 is 0 Å². The van der Waals surface area contributed by atoms with Gasteiger partial charge in [0.2, 0.25) is 0 Å². The van der Waals surface area contributed by atoms with Crippen LogP contribution in [0.4, 0.5) is 11.6 Å². The number of pyridine rings is 1. The summed E-state index contributed by atoms with van der Waals surface area (Å²) in [5.74, 6) is 1.50. The molecule has 1 fully saturated rings. The molecule has 10 heteroatoms. The van der Waals surface area contributed by atoms with Crippen LogP contribution < -0.4 is 10.2 Å². The molecular weight excluding hydrogens is 518 g/mol. The minimum atomic E-state index is -0.380.